The first kappa shape index (κ1) is 21.6. The van der Waals surface area contributed by atoms with Crippen molar-refractivity contribution in [2.75, 3.05) is 23.7 Å². The lowest BCUT2D eigenvalue weighted by molar-refractivity contribution is 0.0996. The van der Waals surface area contributed by atoms with Gasteiger partial charge in [-0.25, -0.2) is 8.42 Å². The second-order valence-corrected chi connectivity index (χ2v) is 9.16. The van der Waals surface area contributed by atoms with E-state index in [0.29, 0.717) is 13.1 Å². The van der Waals surface area contributed by atoms with Gasteiger partial charge in [-0.05, 0) is 55.3 Å². The molecule has 1 saturated heterocycles. The van der Waals surface area contributed by atoms with E-state index < -0.39 is 21.8 Å². The molecule has 1 aromatic heterocycles. The Kier molecular flexibility index (Phi) is 5.97. The molecular weight excluding hydrogens is 434 g/mol. The smallest absolute Gasteiger partial charge is 0.291 e. The van der Waals surface area contributed by atoms with Gasteiger partial charge in [0.25, 0.3) is 11.8 Å². The van der Waals surface area contributed by atoms with Crippen molar-refractivity contribution in [3.63, 3.8) is 0 Å². The van der Waals surface area contributed by atoms with Crippen LogP contribution in [0.1, 0.15) is 33.8 Å². The molecule has 0 atom stereocenters. The van der Waals surface area contributed by atoms with Gasteiger partial charge in [0.15, 0.2) is 5.76 Å². The zero-order valence-electron chi connectivity index (χ0n) is 16.9. The first-order valence-corrected chi connectivity index (χ1v) is 11.4. The number of amides is 2. The van der Waals surface area contributed by atoms with Gasteiger partial charge >= 0.3 is 0 Å². The van der Waals surface area contributed by atoms with Crippen LogP contribution in [-0.2, 0) is 10.0 Å². The average Bonchev–Trinajstić information content (AvgIpc) is 3.50. The van der Waals surface area contributed by atoms with Crippen LogP contribution in [0, 0.1) is 0 Å². The van der Waals surface area contributed by atoms with Gasteiger partial charge in [0.2, 0.25) is 10.0 Å². The number of benzene rings is 2. The van der Waals surface area contributed by atoms with Crippen molar-refractivity contribution in [1.82, 2.24) is 4.31 Å². The number of para-hydroxylation sites is 1. The SMILES string of the molecule is O=C(Nc1ccccc1C(=O)Nc1cc(S(=O)(=O)N2CCCC2)ccc1O)c1ccco1. The van der Waals surface area contributed by atoms with Crippen LogP contribution < -0.4 is 10.6 Å². The number of sulfonamides is 1. The van der Waals surface area contributed by atoms with Crippen LogP contribution in [-0.4, -0.2) is 42.7 Å². The first-order chi connectivity index (χ1) is 15.4. The Morgan fingerprint density at radius 3 is 2.34 bits per heavy atom. The Balaban J connectivity index is 1.58. The van der Waals surface area contributed by atoms with Crippen LogP contribution in [0.5, 0.6) is 5.75 Å². The number of nitrogens with one attached hydrogen (secondary N) is 2. The number of phenolic OH excluding ortho intramolecular Hbond substituents is 1. The molecular formula is C22H21N3O6S. The summed E-state index contributed by atoms with van der Waals surface area (Å²) in [6, 6.07) is 13.1. The molecule has 3 N–H and O–H groups in total. The lowest BCUT2D eigenvalue weighted by Crippen LogP contribution is -2.28. The summed E-state index contributed by atoms with van der Waals surface area (Å²) >= 11 is 0. The quantitative estimate of drug-likeness (QED) is 0.489. The van der Waals surface area contributed by atoms with E-state index in [2.05, 4.69) is 10.6 Å². The minimum absolute atomic E-state index is 0.0214. The number of aromatic hydroxyl groups is 1. The number of anilines is 2. The first-order valence-electron chi connectivity index (χ1n) is 9.94. The molecule has 3 aromatic rings. The molecule has 2 aromatic carbocycles. The third kappa shape index (κ3) is 4.36. The van der Waals surface area contributed by atoms with Gasteiger partial charge < -0.3 is 20.2 Å². The van der Waals surface area contributed by atoms with Gasteiger partial charge in [-0.15, -0.1) is 0 Å². The summed E-state index contributed by atoms with van der Waals surface area (Å²) in [5.41, 5.74) is 0.300. The number of phenols is 1. The summed E-state index contributed by atoms with van der Waals surface area (Å²) in [4.78, 5) is 25.2. The fourth-order valence-corrected chi connectivity index (χ4v) is 4.97. The largest absolute Gasteiger partial charge is 0.506 e. The summed E-state index contributed by atoms with van der Waals surface area (Å²) in [5.74, 6) is -1.36. The normalized spacial score (nSPS) is 14.2. The van der Waals surface area contributed by atoms with E-state index in [0.717, 1.165) is 12.8 Å². The van der Waals surface area contributed by atoms with Gasteiger partial charge in [0.1, 0.15) is 5.75 Å². The molecule has 32 heavy (non-hydrogen) atoms. The maximum atomic E-state index is 12.9. The number of furan rings is 1. The van der Waals surface area contributed by atoms with E-state index in [4.69, 9.17) is 4.42 Å². The molecule has 9 nitrogen and oxygen atoms in total. The Labute approximate surface area is 184 Å². The molecule has 0 spiro atoms. The molecule has 1 aliphatic heterocycles. The number of nitrogens with zero attached hydrogens (tertiary/aromatic N) is 1. The highest BCUT2D eigenvalue weighted by molar-refractivity contribution is 7.89. The minimum Gasteiger partial charge on any atom is -0.506 e. The summed E-state index contributed by atoms with van der Waals surface area (Å²) < 4.78 is 32.1. The number of carbonyl (C=O) groups is 2. The number of carbonyl (C=O) groups excluding carboxylic acids is 2. The van der Waals surface area contributed by atoms with E-state index in [1.807, 2.05) is 0 Å². The minimum atomic E-state index is -3.72. The molecule has 10 heteroatoms. The molecule has 0 unspecified atom stereocenters. The third-order valence-electron chi connectivity index (χ3n) is 5.08. The van der Waals surface area contributed by atoms with Crippen LogP contribution in [0.3, 0.4) is 0 Å². The Morgan fingerprint density at radius 1 is 0.906 bits per heavy atom. The second-order valence-electron chi connectivity index (χ2n) is 7.22. The van der Waals surface area contributed by atoms with E-state index in [1.165, 1.54) is 40.9 Å². The van der Waals surface area contributed by atoms with Crippen molar-refractivity contribution in [3.05, 3.63) is 72.2 Å². The lowest BCUT2D eigenvalue weighted by Gasteiger charge is -2.17. The van der Waals surface area contributed by atoms with Gasteiger partial charge in [0.05, 0.1) is 28.1 Å². The molecule has 0 radical (unpaired) electrons. The maximum Gasteiger partial charge on any atom is 0.291 e. The molecule has 4 rings (SSSR count). The van der Waals surface area contributed by atoms with Crippen LogP contribution >= 0.6 is 0 Å². The monoisotopic (exact) mass is 455 g/mol. The fourth-order valence-electron chi connectivity index (χ4n) is 3.42. The van der Waals surface area contributed by atoms with Crippen molar-refractivity contribution >= 4 is 33.2 Å². The van der Waals surface area contributed by atoms with Crippen LogP contribution in [0.4, 0.5) is 11.4 Å². The standard InChI is InChI=1S/C22H21N3O6S/c26-19-10-9-15(32(29,30)25-11-3-4-12-25)14-18(19)24-21(27)16-6-1-2-7-17(16)23-22(28)20-8-5-13-31-20/h1-2,5-10,13-14,26H,3-4,11-12H2,(H,23,28)(H,24,27). The summed E-state index contributed by atoms with van der Waals surface area (Å²) in [7, 11) is -3.72. The highest BCUT2D eigenvalue weighted by Crippen LogP contribution is 2.30. The van der Waals surface area contributed by atoms with Gasteiger partial charge in [-0.1, -0.05) is 12.1 Å². The van der Waals surface area contributed by atoms with E-state index in [9.17, 15) is 23.1 Å². The van der Waals surface area contributed by atoms with Gasteiger partial charge in [-0.2, -0.15) is 4.31 Å². The van der Waals surface area contributed by atoms with Crippen molar-refractivity contribution in [1.29, 1.82) is 0 Å². The van der Waals surface area contributed by atoms with Gasteiger partial charge in [0, 0.05) is 13.1 Å². The maximum absolute atomic E-state index is 12.9. The highest BCUT2D eigenvalue weighted by atomic mass is 32.2. The fraction of sp³-hybridized carbons (Fsp3) is 0.182. The number of rotatable bonds is 6. The van der Waals surface area contributed by atoms with Gasteiger partial charge in [-0.3, -0.25) is 9.59 Å². The van der Waals surface area contributed by atoms with Crippen molar-refractivity contribution in [3.8, 4) is 5.75 Å². The Morgan fingerprint density at radius 2 is 1.62 bits per heavy atom. The Bertz CT molecular complexity index is 1250. The molecule has 2 amide bonds. The zero-order valence-corrected chi connectivity index (χ0v) is 17.8. The summed E-state index contributed by atoms with van der Waals surface area (Å²) in [5, 5.41) is 15.3. The average molecular weight is 455 g/mol. The predicted octanol–water partition coefficient (Wildman–Crippen LogP) is 3.27. The Hall–Kier alpha value is -3.63. The number of hydrogen-bond acceptors (Lipinski definition) is 6. The third-order valence-corrected chi connectivity index (χ3v) is 6.98. The van der Waals surface area contributed by atoms with Crippen LogP contribution in [0.2, 0.25) is 0 Å². The van der Waals surface area contributed by atoms with E-state index in [-0.39, 0.29) is 33.3 Å². The van der Waals surface area contributed by atoms with Crippen LogP contribution in [0.25, 0.3) is 0 Å². The molecule has 0 aliphatic carbocycles. The topological polar surface area (TPSA) is 129 Å². The van der Waals surface area contributed by atoms with Crippen LogP contribution in [0.15, 0.2) is 70.2 Å². The predicted molar refractivity (Wildman–Crippen MR) is 117 cm³/mol. The molecule has 2 heterocycles. The van der Waals surface area contributed by atoms with Crippen molar-refractivity contribution in [2.24, 2.45) is 0 Å². The van der Waals surface area contributed by atoms with E-state index >= 15 is 0 Å². The van der Waals surface area contributed by atoms with Crippen molar-refractivity contribution in [2.45, 2.75) is 17.7 Å². The summed E-state index contributed by atoms with van der Waals surface area (Å²) in [6.07, 6.45) is 2.95. The summed E-state index contributed by atoms with van der Waals surface area (Å²) in [6.45, 7) is 0.876. The highest BCUT2D eigenvalue weighted by Gasteiger charge is 2.28. The molecule has 0 saturated carbocycles. The lowest BCUT2D eigenvalue weighted by atomic mass is 10.1. The zero-order chi connectivity index (χ0) is 22.7. The molecule has 1 aliphatic rings. The molecule has 0 bridgehead atoms. The molecule has 166 valence electrons. The molecule has 1 fully saturated rings. The van der Waals surface area contributed by atoms with Crippen molar-refractivity contribution < 1.29 is 27.5 Å². The van der Waals surface area contributed by atoms with E-state index in [1.54, 1.807) is 24.3 Å². The second kappa shape index (κ2) is 8.85. The number of hydrogen-bond donors (Lipinski definition) is 3.